The van der Waals surface area contributed by atoms with E-state index < -0.39 is 0 Å². The van der Waals surface area contributed by atoms with Gasteiger partial charge in [-0.05, 0) is 55.3 Å². The molecule has 0 aromatic heterocycles. The highest BCUT2D eigenvalue weighted by atomic mass is 79.9. The topological polar surface area (TPSA) is 82.0 Å². The van der Waals surface area contributed by atoms with Crippen molar-refractivity contribution in [2.24, 2.45) is 11.8 Å². The Hall–Kier alpha value is -2.65. The summed E-state index contributed by atoms with van der Waals surface area (Å²) >= 11 is 3.42. The number of carbonyl (C=O) groups excluding carboxylic acids is 2. The summed E-state index contributed by atoms with van der Waals surface area (Å²) in [5.74, 6) is -0.986. The summed E-state index contributed by atoms with van der Waals surface area (Å²) in [5, 5.41) is 14.5. The maximum absolute atomic E-state index is 12.3. The number of halogens is 1. The van der Waals surface area contributed by atoms with Crippen LogP contribution in [0.1, 0.15) is 17.5 Å². The minimum atomic E-state index is -0.331. The summed E-state index contributed by atoms with van der Waals surface area (Å²) in [6.45, 7) is 1.95. The first-order valence-electron chi connectivity index (χ1n) is 7.86. The molecule has 25 heavy (non-hydrogen) atoms. The lowest BCUT2D eigenvalue weighted by Crippen LogP contribution is -2.20. The fraction of sp³-hybridized carbons (Fsp3) is 0.211. The number of hydrogen-bond donors (Lipinski definition) is 2. The molecule has 0 spiro atoms. The van der Waals surface area contributed by atoms with Crippen LogP contribution in [-0.4, -0.2) is 11.8 Å². The van der Waals surface area contributed by atoms with E-state index in [9.17, 15) is 9.59 Å². The van der Waals surface area contributed by atoms with Gasteiger partial charge in [-0.2, -0.15) is 5.26 Å². The Labute approximate surface area is 154 Å². The van der Waals surface area contributed by atoms with Crippen LogP contribution in [0.3, 0.4) is 0 Å². The molecule has 0 saturated heterocycles. The molecule has 2 N–H and O–H groups in total. The van der Waals surface area contributed by atoms with Crippen LogP contribution in [-0.2, 0) is 9.59 Å². The molecule has 2 aromatic rings. The lowest BCUT2D eigenvalue weighted by atomic mass is 10.2. The molecule has 126 valence electrons. The molecular formula is C19H16BrN3O2. The predicted octanol–water partition coefficient (Wildman–Crippen LogP) is 3.84. The minimum Gasteiger partial charge on any atom is -0.326 e. The Morgan fingerprint density at radius 1 is 1.08 bits per heavy atom. The lowest BCUT2D eigenvalue weighted by Gasteiger charge is -2.08. The Bertz CT molecular complexity index is 888. The number of amides is 2. The van der Waals surface area contributed by atoms with Gasteiger partial charge < -0.3 is 10.6 Å². The second kappa shape index (κ2) is 7.08. The lowest BCUT2D eigenvalue weighted by molar-refractivity contribution is -0.122. The standard InChI is InChI=1S/C19H16BrN3O2/c1-11-7-14(5-6-17(11)20)23-19(25)16-9-15(16)18(24)22-13-4-2-3-12(8-13)10-21/h2-8,15-16H,9H2,1H3,(H,22,24)(H,23,25). The summed E-state index contributed by atoms with van der Waals surface area (Å²) in [6.07, 6.45) is 0.533. The monoisotopic (exact) mass is 397 g/mol. The summed E-state index contributed by atoms with van der Waals surface area (Å²) in [6, 6.07) is 14.3. The van der Waals surface area contributed by atoms with E-state index >= 15 is 0 Å². The first-order chi connectivity index (χ1) is 12.0. The summed E-state index contributed by atoms with van der Waals surface area (Å²) in [7, 11) is 0. The van der Waals surface area contributed by atoms with Gasteiger partial charge in [-0.3, -0.25) is 9.59 Å². The van der Waals surface area contributed by atoms with E-state index in [0.717, 1.165) is 15.7 Å². The molecule has 0 bridgehead atoms. The SMILES string of the molecule is Cc1cc(NC(=O)C2CC2C(=O)Nc2cccc(C#N)c2)ccc1Br. The van der Waals surface area contributed by atoms with Crippen molar-refractivity contribution < 1.29 is 9.59 Å². The van der Waals surface area contributed by atoms with E-state index in [1.807, 2.05) is 31.2 Å². The van der Waals surface area contributed by atoms with Crippen molar-refractivity contribution in [3.05, 3.63) is 58.1 Å². The van der Waals surface area contributed by atoms with Crippen molar-refractivity contribution in [1.82, 2.24) is 0 Å². The number of nitriles is 1. The molecule has 0 radical (unpaired) electrons. The number of carbonyl (C=O) groups is 2. The Morgan fingerprint density at radius 2 is 1.72 bits per heavy atom. The maximum atomic E-state index is 12.3. The number of nitrogens with zero attached hydrogens (tertiary/aromatic N) is 1. The van der Waals surface area contributed by atoms with Crippen LogP contribution in [0.25, 0.3) is 0 Å². The van der Waals surface area contributed by atoms with Gasteiger partial charge in [0.1, 0.15) is 0 Å². The minimum absolute atomic E-state index is 0.146. The van der Waals surface area contributed by atoms with E-state index in [2.05, 4.69) is 26.6 Å². The van der Waals surface area contributed by atoms with Crippen LogP contribution < -0.4 is 10.6 Å². The highest BCUT2D eigenvalue weighted by Crippen LogP contribution is 2.40. The van der Waals surface area contributed by atoms with Crippen molar-refractivity contribution in [1.29, 1.82) is 5.26 Å². The molecule has 2 unspecified atom stereocenters. The van der Waals surface area contributed by atoms with Gasteiger partial charge in [0, 0.05) is 15.8 Å². The van der Waals surface area contributed by atoms with Crippen molar-refractivity contribution in [2.75, 3.05) is 10.6 Å². The van der Waals surface area contributed by atoms with Crippen LogP contribution in [0.4, 0.5) is 11.4 Å². The zero-order chi connectivity index (χ0) is 18.0. The molecule has 2 atom stereocenters. The molecule has 1 fully saturated rings. The first-order valence-corrected chi connectivity index (χ1v) is 8.65. The Balaban J connectivity index is 1.57. The number of rotatable bonds is 4. The van der Waals surface area contributed by atoms with Gasteiger partial charge >= 0.3 is 0 Å². The summed E-state index contributed by atoms with van der Waals surface area (Å²) in [4.78, 5) is 24.6. The van der Waals surface area contributed by atoms with Gasteiger partial charge in [-0.15, -0.1) is 0 Å². The van der Waals surface area contributed by atoms with E-state index in [1.165, 1.54) is 0 Å². The van der Waals surface area contributed by atoms with Crippen LogP contribution >= 0.6 is 15.9 Å². The highest BCUT2D eigenvalue weighted by molar-refractivity contribution is 9.10. The first kappa shape index (κ1) is 17.2. The van der Waals surface area contributed by atoms with Gasteiger partial charge in [0.25, 0.3) is 0 Å². The molecular weight excluding hydrogens is 382 g/mol. The van der Waals surface area contributed by atoms with E-state index in [4.69, 9.17) is 5.26 Å². The summed E-state index contributed by atoms with van der Waals surface area (Å²) in [5.41, 5.74) is 2.80. The van der Waals surface area contributed by atoms with Gasteiger partial charge in [-0.1, -0.05) is 22.0 Å². The zero-order valence-electron chi connectivity index (χ0n) is 13.5. The number of nitrogens with one attached hydrogen (secondary N) is 2. The molecule has 1 saturated carbocycles. The Morgan fingerprint density at radius 3 is 2.32 bits per heavy atom. The fourth-order valence-corrected chi connectivity index (χ4v) is 2.88. The quantitative estimate of drug-likeness (QED) is 0.821. The van der Waals surface area contributed by atoms with Gasteiger partial charge in [0.2, 0.25) is 11.8 Å². The van der Waals surface area contributed by atoms with Crippen LogP contribution in [0.5, 0.6) is 0 Å². The maximum Gasteiger partial charge on any atom is 0.228 e. The molecule has 0 heterocycles. The average Bonchev–Trinajstić information content (AvgIpc) is 3.39. The molecule has 2 amide bonds. The second-order valence-corrected chi connectivity index (χ2v) is 6.94. The third kappa shape index (κ3) is 4.06. The van der Waals surface area contributed by atoms with Crippen molar-refractivity contribution in [3.8, 4) is 6.07 Å². The van der Waals surface area contributed by atoms with E-state index in [-0.39, 0.29) is 23.7 Å². The highest BCUT2D eigenvalue weighted by Gasteiger charge is 2.48. The Kier molecular flexibility index (Phi) is 4.86. The van der Waals surface area contributed by atoms with Crippen molar-refractivity contribution >= 4 is 39.1 Å². The van der Waals surface area contributed by atoms with Gasteiger partial charge in [0.05, 0.1) is 23.5 Å². The number of aryl methyl sites for hydroxylation is 1. The van der Waals surface area contributed by atoms with Crippen LogP contribution in [0, 0.1) is 30.1 Å². The van der Waals surface area contributed by atoms with Crippen LogP contribution in [0.15, 0.2) is 46.9 Å². The third-order valence-corrected chi connectivity index (χ3v) is 5.04. The zero-order valence-corrected chi connectivity index (χ0v) is 15.1. The molecule has 5 nitrogen and oxygen atoms in total. The molecule has 6 heteroatoms. The average molecular weight is 398 g/mol. The molecule has 1 aliphatic rings. The van der Waals surface area contributed by atoms with Crippen molar-refractivity contribution in [2.45, 2.75) is 13.3 Å². The molecule has 1 aliphatic carbocycles. The number of hydrogen-bond acceptors (Lipinski definition) is 3. The normalized spacial score (nSPS) is 18.1. The van der Waals surface area contributed by atoms with E-state index in [1.54, 1.807) is 24.3 Å². The van der Waals surface area contributed by atoms with Crippen LogP contribution in [0.2, 0.25) is 0 Å². The predicted molar refractivity (Wildman–Crippen MR) is 98.9 cm³/mol. The molecule has 3 rings (SSSR count). The molecule has 0 aliphatic heterocycles. The smallest absolute Gasteiger partial charge is 0.228 e. The number of anilines is 2. The van der Waals surface area contributed by atoms with Crippen molar-refractivity contribution in [3.63, 3.8) is 0 Å². The van der Waals surface area contributed by atoms with E-state index in [0.29, 0.717) is 17.7 Å². The third-order valence-electron chi connectivity index (χ3n) is 4.15. The number of benzene rings is 2. The largest absolute Gasteiger partial charge is 0.326 e. The van der Waals surface area contributed by atoms with Gasteiger partial charge in [-0.25, -0.2) is 0 Å². The fourth-order valence-electron chi connectivity index (χ4n) is 2.63. The second-order valence-electron chi connectivity index (χ2n) is 6.08. The van der Waals surface area contributed by atoms with Gasteiger partial charge in [0.15, 0.2) is 0 Å². The summed E-state index contributed by atoms with van der Waals surface area (Å²) < 4.78 is 0.980. The molecule has 2 aromatic carbocycles.